The summed E-state index contributed by atoms with van der Waals surface area (Å²) in [5.74, 6) is -0.408. The Morgan fingerprint density at radius 2 is 1.76 bits per heavy atom. The third-order valence-electron chi connectivity index (χ3n) is 7.45. The van der Waals surface area contributed by atoms with Gasteiger partial charge in [-0.25, -0.2) is 4.79 Å². The lowest BCUT2D eigenvalue weighted by molar-refractivity contribution is -0.140. The Hall–Kier alpha value is -4.32. The molecule has 1 aliphatic heterocycles. The zero-order chi connectivity index (χ0) is 26.8. The molecule has 0 saturated carbocycles. The molecule has 2 aliphatic rings. The number of methoxy groups -OCH3 is 1. The quantitative estimate of drug-likeness (QED) is 0.408. The molecule has 2 N–H and O–H groups in total. The molecule has 6 nitrogen and oxygen atoms in total. The number of para-hydroxylation sites is 1. The number of carbonyl (C=O) groups is 2. The summed E-state index contributed by atoms with van der Waals surface area (Å²) in [6.45, 7) is 3.94. The van der Waals surface area contributed by atoms with Crippen molar-refractivity contribution in [3.05, 3.63) is 118 Å². The Bertz CT molecular complexity index is 1470. The minimum Gasteiger partial charge on any atom is -0.508 e. The third-order valence-corrected chi connectivity index (χ3v) is 7.45. The van der Waals surface area contributed by atoms with Crippen molar-refractivity contribution in [3.8, 4) is 11.5 Å². The Kier molecular flexibility index (Phi) is 7.05. The van der Waals surface area contributed by atoms with E-state index in [1.54, 1.807) is 25.3 Å². The number of dihydropyridines is 1. The van der Waals surface area contributed by atoms with Gasteiger partial charge < -0.3 is 19.9 Å². The minimum absolute atomic E-state index is 0.0419. The number of carbonyl (C=O) groups excluding carboxylic acids is 2. The number of phenolic OH excluding ortho intramolecular Hbond substituents is 1. The first-order valence-corrected chi connectivity index (χ1v) is 12.7. The second-order valence-corrected chi connectivity index (χ2v) is 9.86. The summed E-state index contributed by atoms with van der Waals surface area (Å²) >= 11 is 0. The minimum atomic E-state index is -0.645. The first-order chi connectivity index (χ1) is 18.4. The van der Waals surface area contributed by atoms with Gasteiger partial charge in [-0.15, -0.1) is 0 Å². The predicted octanol–water partition coefficient (Wildman–Crippen LogP) is 5.81. The van der Waals surface area contributed by atoms with Gasteiger partial charge in [0, 0.05) is 35.2 Å². The molecule has 0 fully saturated rings. The van der Waals surface area contributed by atoms with Gasteiger partial charge in [-0.3, -0.25) is 4.79 Å². The molecule has 5 rings (SSSR count). The van der Waals surface area contributed by atoms with Crippen molar-refractivity contribution in [1.82, 2.24) is 5.32 Å². The van der Waals surface area contributed by atoms with E-state index < -0.39 is 11.9 Å². The van der Waals surface area contributed by atoms with E-state index in [4.69, 9.17) is 9.47 Å². The van der Waals surface area contributed by atoms with Gasteiger partial charge in [-0.05, 0) is 60.7 Å². The van der Waals surface area contributed by atoms with Crippen molar-refractivity contribution in [2.75, 3.05) is 7.11 Å². The molecule has 3 aromatic carbocycles. The number of ether oxygens (including phenoxy) is 2. The number of hydrogen-bond acceptors (Lipinski definition) is 6. The van der Waals surface area contributed by atoms with Crippen LogP contribution in [0.1, 0.15) is 53.9 Å². The first-order valence-electron chi connectivity index (χ1n) is 12.7. The largest absolute Gasteiger partial charge is 0.508 e. The van der Waals surface area contributed by atoms with Gasteiger partial charge in [0.05, 0.1) is 12.7 Å². The van der Waals surface area contributed by atoms with Crippen LogP contribution in [0.4, 0.5) is 0 Å². The summed E-state index contributed by atoms with van der Waals surface area (Å²) in [4.78, 5) is 27.4. The maximum atomic E-state index is 13.8. The van der Waals surface area contributed by atoms with Crippen LogP contribution < -0.4 is 10.1 Å². The van der Waals surface area contributed by atoms with Gasteiger partial charge in [0.1, 0.15) is 18.1 Å². The molecule has 0 radical (unpaired) electrons. The number of hydrogen-bond donors (Lipinski definition) is 2. The third kappa shape index (κ3) is 4.82. The number of allylic oxidation sites excluding steroid dienone is 3. The Balaban J connectivity index is 1.52. The van der Waals surface area contributed by atoms with Crippen LogP contribution in [-0.2, 0) is 20.9 Å². The number of phenols is 1. The molecule has 1 heterocycles. The molecule has 2 unspecified atom stereocenters. The number of esters is 1. The fraction of sp³-hybridized carbons (Fsp3) is 0.250. The zero-order valence-corrected chi connectivity index (χ0v) is 21.8. The van der Waals surface area contributed by atoms with Crippen LogP contribution in [-0.4, -0.2) is 24.0 Å². The fourth-order valence-corrected chi connectivity index (χ4v) is 5.56. The highest BCUT2D eigenvalue weighted by Crippen LogP contribution is 2.47. The molecule has 0 bridgehead atoms. The van der Waals surface area contributed by atoms with E-state index in [1.807, 2.05) is 68.4 Å². The second kappa shape index (κ2) is 10.6. The monoisotopic (exact) mass is 509 g/mol. The summed E-state index contributed by atoms with van der Waals surface area (Å²) in [5, 5.41) is 13.6. The summed E-state index contributed by atoms with van der Waals surface area (Å²) in [6, 6.07) is 22.3. The van der Waals surface area contributed by atoms with E-state index in [0.717, 1.165) is 28.1 Å². The van der Waals surface area contributed by atoms with E-state index in [9.17, 15) is 14.7 Å². The molecule has 3 aromatic rings. The number of benzene rings is 3. The molecular formula is C32H31NO5. The van der Waals surface area contributed by atoms with Gasteiger partial charge in [-0.2, -0.15) is 0 Å². The molecule has 2 atom stereocenters. The number of aryl methyl sites for hydroxylation is 1. The average molecular weight is 510 g/mol. The maximum Gasteiger partial charge on any atom is 0.337 e. The summed E-state index contributed by atoms with van der Waals surface area (Å²) in [6.07, 6.45) is 0.889. The highest BCUT2D eigenvalue weighted by atomic mass is 16.5. The molecule has 194 valence electrons. The standard InChI is InChI=1S/C32H31NO5/c1-19-9-4-5-10-22(19)18-38-32(36)29-20(2)33-26-16-23(25-13-6-7-14-28(25)37-3)17-27(35)31(26)30(29)21-11-8-12-24(34)15-21/h4-15,23,30,33-34H,16-18H2,1-3H3. The fourth-order valence-electron chi connectivity index (χ4n) is 5.56. The van der Waals surface area contributed by atoms with E-state index in [-0.39, 0.29) is 24.1 Å². The number of Topliss-reactive ketones (excluding diaryl/α,β-unsaturated/α-hetero) is 1. The molecule has 38 heavy (non-hydrogen) atoms. The van der Waals surface area contributed by atoms with Crippen molar-refractivity contribution < 1.29 is 24.2 Å². The summed E-state index contributed by atoms with van der Waals surface area (Å²) in [5.41, 5.74) is 5.97. The van der Waals surface area contributed by atoms with E-state index in [0.29, 0.717) is 35.2 Å². The first kappa shape index (κ1) is 25.3. The lowest BCUT2D eigenvalue weighted by Crippen LogP contribution is -2.36. The van der Waals surface area contributed by atoms with Gasteiger partial charge in [-0.1, -0.05) is 54.6 Å². The Labute approximate surface area is 222 Å². The lowest BCUT2D eigenvalue weighted by Gasteiger charge is -2.37. The number of aromatic hydroxyl groups is 1. The highest BCUT2D eigenvalue weighted by molar-refractivity contribution is 6.04. The van der Waals surface area contributed by atoms with Crippen LogP contribution in [0.2, 0.25) is 0 Å². The average Bonchev–Trinajstić information content (AvgIpc) is 2.91. The van der Waals surface area contributed by atoms with Crippen LogP contribution in [0.25, 0.3) is 0 Å². The lowest BCUT2D eigenvalue weighted by atomic mass is 9.71. The van der Waals surface area contributed by atoms with Gasteiger partial charge >= 0.3 is 5.97 Å². The van der Waals surface area contributed by atoms with E-state index >= 15 is 0 Å². The van der Waals surface area contributed by atoms with Crippen LogP contribution in [0.3, 0.4) is 0 Å². The maximum absolute atomic E-state index is 13.8. The molecule has 0 saturated heterocycles. The Morgan fingerprint density at radius 3 is 2.53 bits per heavy atom. The Morgan fingerprint density at radius 1 is 1.00 bits per heavy atom. The number of nitrogens with one attached hydrogen (secondary N) is 1. The van der Waals surface area contributed by atoms with E-state index in [1.165, 1.54) is 0 Å². The SMILES string of the molecule is COc1ccccc1C1CC(=O)C2=C(C1)NC(C)=C(C(=O)OCc1ccccc1C)C2c1cccc(O)c1. The van der Waals surface area contributed by atoms with Crippen molar-refractivity contribution in [3.63, 3.8) is 0 Å². The topological polar surface area (TPSA) is 84.9 Å². The van der Waals surface area contributed by atoms with Crippen molar-refractivity contribution in [2.45, 2.75) is 45.1 Å². The van der Waals surface area contributed by atoms with Gasteiger partial charge in [0.2, 0.25) is 0 Å². The van der Waals surface area contributed by atoms with Crippen molar-refractivity contribution in [1.29, 1.82) is 0 Å². The van der Waals surface area contributed by atoms with Crippen molar-refractivity contribution >= 4 is 11.8 Å². The molecular weight excluding hydrogens is 478 g/mol. The molecule has 0 aromatic heterocycles. The smallest absolute Gasteiger partial charge is 0.337 e. The normalized spacial score (nSPS) is 19.1. The molecule has 1 aliphatic carbocycles. The zero-order valence-electron chi connectivity index (χ0n) is 21.8. The van der Waals surface area contributed by atoms with Crippen molar-refractivity contribution in [2.24, 2.45) is 0 Å². The molecule has 6 heteroatoms. The molecule has 0 amide bonds. The molecule has 0 spiro atoms. The second-order valence-electron chi connectivity index (χ2n) is 9.86. The van der Waals surface area contributed by atoms with Crippen LogP contribution in [0.15, 0.2) is 95.3 Å². The van der Waals surface area contributed by atoms with Crippen LogP contribution in [0, 0.1) is 6.92 Å². The van der Waals surface area contributed by atoms with Gasteiger partial charge in [0.25, 0.3) is 0 Å². The number of rotatable bonds is 6. The van der Waals surface area contributed by atoms with Crippen LogP contribution in [0.5, 0.6) is 11.5 Å². The summed E-state index contributed by atoms with van der Waals surface area (Å²) < 4.78 is 11.4. The van der Waals surface area contributed by atoms with E-state index in [2.05, 4.69) is 5.32 Å². The highest BCUT2D eigenvalue weighted by Gasteiger charge is 2.42. The van der Waals surface area contributed by atoms with Crippen LogP contribution >= 0.6 is 0 Å². The van der Waals surface area contributed by atoms with Gasteiger partial charge in [0.15, 0.2) is 5.78 Å². The predicted molar refractivity (Wildman–Crippen MR) is 145 cm³/mol. The number of ketones is 1. The summed E-state index contributed by atoms with van der Waals surface area (Å²) in [7, 11) is 1.63.